The van der Waals surface area contributed by atoms with Crippen LogP contribution in [0.4, 0.5) is 0 Å². The van der Waals surface area contributed by atoms with E-state index >= 15 is 0 Å². The van der Waals surface area contributed by atoms with E-state index in [1.54, 1.807) is 7.11 Å². The summed E-state index contributed by atoms with van der Waals surface area (Å²) in [5.41, 5.74) is 3.96. The Kier molecular flexibility index (Phi) is 4.11. The molecule has 0 spiro atoms. The second-order valence-corrected chi connectivity index (χ2v) is 3.64. The minimum Gasteiger partial charge on any atom is -0.383 e. The number of ether oxygens (including phenoxy) is 1. The number of nitrogens with one attached hydrogen (secondary N) is 1. The Morgan fingerprint density at radius 2 is 2.00 bits per heavy atom. The number of likely N-dealkylation sites (N-methyl/N-ethyl adjacent to an activating group) is 1. The van der Waals surface area contributed by atoms with Crippen LogP contribution in [0.1, 0.15) is 22.7 Å². The summed E-state index contributed by atoms with van der Waals surface area (Å²) in [5, 5.41) is 3.24. The van der Waals surface area contributed by atoms with Gasteiger partial charge in [-0.05, 0) is 37.6 Å². The van der Waals surface area contributed by atoms with E-state index in [2.05, 4.69) is 37.4 Å². The molecule has 0 aliphatic heterocycles. The maximum atomic E-state index is 5.16. The zero-order valence-electron chi connectivity index (χ0n) is 9.42. The van der Waals surface area contributed by atoms with Gasteiger partial charge in [-0.25, -0.2) is 0 Å². The standard InChI is InChI=1S/C12H19NO/c1-9-5-6-11(7-10(9)2)12(13-3)8-14-4/h5-7,12-13H,8H2,1-4H3. The molecule has 1 atom stereocenters. The Balaban J connectivity index is 2.88. The van der Waals surface area contributed by atoms with Gasteiger partial charge in [0.15, 0.2) is 0 Å². The molecular weight excluding hydrogens is 174 g/mol. The van der Waals surface area contributed by atoms with E-state index in [4.69, 9.17) is 4.74 Å². The highest BCUT2D eigenvalue weighted by atomic mass is 16.5. The summed E-state index contributed by atoms with van der Waals surface area (Å²) in [4.78, 5) is 0. The summed E-state index contributed by atoms with van der Waals surface area (Å²) >= 11 is 0. The molecule has 1 rings (SSSR count). The van der Waals surface area contributed by atoms with Gasteiger partial charge in [-0.15, -0.1) is 0 Å². The average molecular weight is 193 g/mol. The minimum absolute atomic E-state index is 0.291. The number of hydrogen-bond donors (Lipinski definition) is 1. The number of benzene rings is 1. The Labute approximate surface area is 86.3 Å². The molecule has 1 aromatic carbocycles. The molecular formula is C12H19NO. The fraction of sp³-hybridized carbons (Fsp3) is 0.500. The monoisotopic (exact) mass is 193 g/mol. The molecule has 14 heavy (non-hydrogen) atoms. The van der Waals surface area contributed by atoms with Crippen LogP contribution in [0.25, 0.3) is 0 Å². The van der Waals surface area contributed by atoms with E-state index in [1.165, 1.54) is 16.7 Å². The van der Waals surface area contributed by atoms with Gasteiger partial charge < -0.3 is 10.1 Å². The molecule has 0 bridgehead atoms. The number of methoxy groups -OCH3 is 1. The summed E-state index contributed by atoms with van der Waals surface area (Å²) < 4.78 is 5.16. The molecule has 1 N–H and O–H groups in total. The van der Waals surface area contributed by atoms with Gasteiger partial charge >= 0.3 is 0 Å². The van der Waals surface area contributed by atoms with Crippen molar-refractivity contribution in [3.63, 3.8) is 0 Å². The lowest BCUT2D eigenvalue weighted by Crippen LogP contribution is -2.21. The van der Waals surface area contributed by atoms with Gasteiger partial charge in [-0.3, -0.25) is 0 Å². The molecule has 0 amide bonds. The Morgan fingerprint density at radius 1 is 1.29 bits per heavy atom. The summed E-state index contributed by atoms with van der Waals surface area (Å²) in [6.45, 7) is 4.97. The number of aryl methyl sites for hydroxylation is 2. The van der Waals surface area contributed by atoms with Gasteiger partial charge in [0.25, 0.3) is 0 Å². The fourth-order valence-electron chi connectivity index (χ4n) is 1.49. The molecule has 1 unspecified atom stereocenters. The van der Waals surface area contributed by atoms with Gasteiger partial charge in [0.1, 0.15) is 0 Å². The lowest BCUT2D eigenvalue weighted by atomic mass is 10.0. The van der Waals surface area contributed by atoms with Crippen LogP contribution in [0.2, 0.25) is 0 Å². The molecule has 2 heteroatoms. The molecule has 1 aromatic rings. The summed E-state index contributed by atoms with van der Waals surface area (Å²) in [7, 11) is 3.68. The molecule has 0 radical (unpaired) electrons. The second-order valence-electron chi connectivity index (χ2n) is 3.64. The van der Waals surface area contributed by atoms with Crippen molar-refractivity contribution in [1.29, 1.82) is 0 Å². The van der Waals surface area contributed by atoms with Crippen LogP contribution in [-0.4, -0.2) is 20.8 Å². The molecule has 2 nitrogen and oxygen atoms in total. The number of rotatable bonds is 4. The van der Waals surface area contributed by atoms with Crippen molar-refractivity contribution < 1.29 is 4.74 Å². The molecule has 0 aromatic heterocycles. The zero-order valence-corrected chi connectivity index (χ0v) is 9.42. The highest BCUT2D eigenvalue weighted by Gasteiger charge is 2.08. The van der Waals surface area contributed by atoms with Crippen LogP contribution < -0.4 is 5.32 Å². The summed E-state index contributed by atoms with van der Waals surface area (Å²) in [6, 6.07) is 6.82. The first-order chi connectivity index (χ1) is 6.69. The van der Waals surface area contributed by atoms with Gasteiger partial charge in [0, 0.05) is 7.11 Å². The number of hydrogen-bond acceptors (Lipinski definition) is 2. The third-order valence-corrected chi connectivity index (χ3v) is 2.62. The quantitative estimate of drug-likeness (QED) is 0.791. The van der Waals surface area contributed by atoms with Crippen LogP contribution in [-0.2, 0) is 4.74 Å². The summed E-state index contributed by atoms with van der Waals surface area (Å²) in [6.07, 6.45) is 0. The van der Waals surface area contributed by atoms with E-state index in [0.717, 1.165) is 0 Å². The van der Waals surface area contributed by atoms with Crippen LogP contribution in [0.15, 0.2) is 18.2 Å². The normalized spacial score (nSPS) is 12.9. The maximum Gasteiger partial charge on any atom is 0.0657 e. The molecule has 0 saturated carbocycles. The van der Waals surface area contributed by atoms with Crippen LogP contribution >= 0.6 is 0 Å². The van der Waals surface area contributed by atoms with Gasteiger partial charge in [-0.1, -0.05) is 18.2 Å². The molecule has 0 saturated heterocycles. The highest BCUT2D eigenvalue weighted by Crippen LogP contribution is 2.16. The lowest BCUT2D eigenvalue weighted by Gasteiger charge is -2.16. The van der Waals surface area contributed by atoms with Crippen molar-refractivity contribution in [2.24, 2.45) is 0 Å². The van der Waals surface area contributed by atoms with Gasteiger partial charge in [0.05, 0.1) is 12.6 Å². The largest absolute Gasteiger partial charge is 0.383 e. The second kappa shape index (κ2) is 5.13. The van der Waals surface area contributed by atoms with E-state index in [0.29, 0.717) is 12.6 Å². The first-order valence-corrected chi connectivity index (χ1v) is 4.92. The van der Waals surface area contributed by atoms with Crippen molar-refractivity contribution in [3.8, 4) is 0 Å². The fourth-order valence-corrected chi connectivity index (χ4v) is 1.49. The smallest absolute Gasteiger partial charge is 0.0657 e. The van der Waals surface area contributed by atoms with Crippen molar-refractivity contribution in [3.05, 3.63) is 34.9 Å². The molecule has 0 aliphatic rings. The third-order valence-electron chi connectivity index (χ3n) is 2.62. The predicted molar refractivity (Wildman–Crippen MR) is 59.6 cm³/mol. The lowest BCUT2D eigenvalue weighted by molar-refractivity contribution is 0.170. The van der Waals surface area contributed by atoms with Gasteiger partial charge in [-0.2, -0.15) is 0 Å². The van der Waals surface area contributed by atoms with Crippen molar-refractivity contribution >= 4 is 0 Å². The van der Waals surface area contributed by atoms with E-state index < -0.39 is 0 Å². The Bertz CT molecular complexity index is 296. The minimum atomic E-state index is 0.291. The highest BCUT2D eigenvalue weighted by molar-refractivity contribution is 5.31. The summed E-state index contributed by atoms with van der Waals surface area (Å²) in [5.74, 6) is 0. The van der Waals surface area contributed by atoms with Crippen LogP contribution in [0.5, 0.6) is 0 Å². The topological polar surface area (TPSA) is 21.3 Å². The molecule has 78 valence electrons. The van der Waals surface area contributed by atoms with Gasteiger partial charge in [0.2, 0.25) is 0 Å². The maximum absolute atomic E-state index is 5.16. The molecule has 0 heterocycles. The Hall–Kier alpha value is -0.860. The van der Waals surface area contributed by atoms with Crippen LogP contribution in [0, 0.1) is 13.8 Å². The Morgan fingerprint density at radius 3 is 2.50 bits per heavy atom. The van der Waals surface area contributed by atoms with E-state index in [9.17, 15) is 0 Å². The zero-order chi connectivity index (χ0) is 10.6. The first-order valence-electron chi connectivity index (χ1n) is 4.92. The SMILES string of the molecule is CNC(COC)c1ccc(C)c(C)c1. The van der Waals surface area contributed by atoms with Crippen molar-refractivity contribution in [1.82, 2.24) is 5.32 Å². The molecule has 0 aliphatic carbocycles. The predicted octanol–water partition coefficient (Wildman–Crippen LogP) is 2.21. The van der Waals surface area contributed by atoms with Crippen LogP contribution in [0.3, 0.4) is 0 Å². The average Bonchev–Trinajstić information content (AvgIpc) is 2.19. The van der Waals surface area contributed by atoms with Crippen molar-refractivity contribution in [2.45, 2.75) is 19.9 Å². The van der Waals surface area contributed by atoms with E-state index in [-0.39, 0.29) is 0 Å². The first kappa shape index (κ1) is 11.2. The third kappa shape index (κ3) is 2.56. The van der Waals surface area contributed by atoms with Crippen molar-refractivity contribution in [2.75, 3.05) is 20.8 Å². The van der Waals surface area contributed by atoms with E-state index in [1.807, 2.05) is 7.05 Å². The molecule has 0 fully saturated rings.